The van der Waals surface area contributed by atoms with Gasteiger partial charge in [-0.05, 0) is 31.6 Å². The lowest BCUT2D eigenvalue weighted by Gasteiger charge is -2.36. The predicted octanol–water partition coefficient (Wildman–Crippen LogP) is 3.39. The fourth-order valence-corrected chi connectivity index (χ4v) is 2.74. The van der Waals surface area contributed by atoms with Crippen LogP contribution in [0.5, 0.6) is 0 Å². The lowest BCUT2D eigenvalue weighted by Crippen LogP contribution is -2.41. The first-order valence-electron chi connectivity index (χ1n) is 10.2. The van der Waals surface area contributed by atoms with Gasteiger partial charge < -0.3 is 28.8 Å². The van der Waals surface area contributed by atoms with Crippen LogP contribution in [0.3, 0.4) is 0 Å². The number of aliphatic hydroxyl groups excluding tert-OH is 1. The summed E-state index contributed by atoms with van der Waals surface area (Å²) >= 11 is 0. The topological polar surface area (TPSA) is 111 Å². The normalized spacial score (nSPS) is 15.2. The second-order valence-corrected chi connectivity index (χ2v) is 7.55. The van der Waals surface area contributed by atoms with E-state index >= 15 is 0 Å². The fourth-order valence-electron chi connectivity index (χ4n) is 2.74. The maximum absolute atomic E-state index is 10.8. The highest BCUT2D eigenvalue weighted by Crippen LogP contribution is 2.31. The number of nitrogens with zero attached hydrogens (tertiary/aromatic N) is 1. The van der Waals surface area contributed by atoms with Gasteiger partial charge in [0, 0.05) is 19.6 Å². The lowest BCUT2D eigenvalue weighted by atomic mass is 9.79. The van der Waals surface area contributed by atoms with Crippen molar-refractivity contribution in [3.8, 4) is 11.8 Å². The molecule has 8 heteroatoms. The van der Waals surface area contributed by atoms with Gasteiger partial charge in [-0.2, -0.15) is 0 Å². The molecule has 0 unspecified atom stereocenters. The van der Waals surface area contributed by atoms with E-state index in [-0.39, 0.29) is 37.0 Å². The molecule has 1 heterocycles. The minimum absolute atomic E-state index is 0.142. The summed E-state index contributed by atoms with van der Waals surface area (Å²) in [5, 5.41) is 19.5. The first-order valence-corrected chi connectivity index (χ1v) is 10.2. The number of ether oxygens (including phenoxy) is 3. The number of hydrogen-bond donors (Lipinski definition) is 2. The van der Waals surface area contributed by atoms with Crippen LogP contribution in [-0.4, -0.2) is 60.5 Å². The maximum Gasteiger partial charge on any atom is 0.357 e. The van der Waals surface area contributed by atoms with Crippen LogP contribution >= 0.6 is 0 Å². The monoisotopic (exact) mass is 447 g/mol. The first-order chi connectivity index (χ1) is 15.3. The molecule has 0 aliphatic carbocycles. The summed E-state index contributed by atoms with van der Waals surface area (Å²) in [7, 11) is 3.09. The van der Waals surface area contributed by atoms with E-state index in [4.69, 9.17) is 23.7 Å². The second-order valence-electron chi connectivity index (χ2n) is 7.55. The Morgan fingerprint density at radius 2 is 2.00 bits per heavy atom. The van der Waals surface area contributed by atoms with Crippen molar-refractivity contribution in [1.29, 1.82) is 0 Å². The highest BCUT2D eigenvalue weighted by Gasteiger charge is 2.35. The van der Waals surface area contributed by atoms with Crippen molar-refractivity contribution in [3.63, 3.8) is 0 Å². The zero-order valence-corrected chi connectivity index (χ0v) is 19.3. The van der Waals surface area contributed by atoms with E-state index in [0.717, 1.165) is 6.26 Å². The van der Waals surface area contributed by atoms with E-state index in [2.05, 4.69) is 16.8 Å². The Bertz CT molecular complexity index is 842. The summed E-state index contributed by atoms with van der Waals surface area (Å²) in [5.74, 6) is 4.87. The molecule has 1 rings (SSSR count). The molecule has 176 valence electrons. The van der Waals surface area contributed by atoms with Gasteiger partial charge in [0.2, 0.25) is 0 Å². The summed E-state index contributed by atoms with van der Waals surface area (Å²) in [5.41, 5.74) is -0.661. The third-order valence-electron chi connectivity index (χ3n) is 4.81. The van der Waals surface area contributed by atoms with Gasteiger partial charge in [-0.15, -0.1) is 0 Å². The van der Waals surface area contributed by atoms with Gasteiger partial charge in [-0.3, -0.25) is 0 Å². The van der Waals surface area contributed by atoms with Gasteiger partial charge in [0.1, 0.15) is 13.1 Å². The highest BCUT2D eigenvalue weighted by molar-refractivity contribution is 5.84. The molecule has 0 aliphatic rings. The van der Waals surface area contributed by atoms with Gasteiger partial charge >= 0.3 is 5.97 Å². The average molecular weight is 448 g/mol. The van der Waals surface area contributed by atoms with E-state index in [0.29, 0.717) is 6.42 Å². The standard InChI is InChI=1S/C24H33NO7/c1-6-12-21(32-17-29-4)24(2,3)20(26)14-11-9-7-8-10-13-18(30-5)15-22-25-19(16-31-22)23(27)28/h6,9-13,16,18,20-21,26H,14-15,17H2,1-5H3,(H,27,28)/b11-9-,12-6+,13-10+/t18-,20-,21-/m0/s1. The maximum atomic E-state index is 10.8. The summed E-state index contributed by atoms with van der Waals surface area (Å²) in [6.45, 7) is 5.94. The van der Waals surface area contributed by atoms with Crippen molar-refractivity contribution in [3.05, 3.63) is 54.3 Å². The van der Waals surface area contributed by atoms with Crippen molar-refractivity contribution in [2.75, 3.05) is 21.0 Å². The molecule has 0 spiro atoms. The van der Waals surface area contributed by atoms with E-state index in [1.807, 2.05) is 39.0 Å². The van der Waals surface area contributed by atoms with Crippen LogP contribution in [0.1, 0.15) is 43.6 Å². The number of oxazole rings is 1. The van der Waals surface area contributed by atoms with Crippen molar-refractivity contribution >= 4 is 5.97 Å². The smallest absolute Gasteiger partial charge is 0.357 e. The second kappa shape index (κ2) is 14.4. The Kier molecular flexibility index (Phi) is 12.3. The van der Waals surface area contributed by atoms with Crippen LogP contribution in [0.15, 0.2) is 47.1 Å². The first kappa shape index (κ1) is 27.3. The van der Waals surface area contributed by atoms with Crippen LogP contribution in [0.4, 0.5) is 0 Å². The van der Waals surface area contributed by atoms with Crippen molar-refractivity contribution in [2.24, 2.45) is 5.41 Å². The molecule has 8 nitrogen and oxygen atoms in total. The number of hydrogen-bond acceptors (Lipinski definition) is 7. The van der Waals surface area contributed by atoms with E-state index in [9.17, 15) is 9.90 Å². The quantitative estimate of drug-likeness (QED) is 0.269. The van der Waals surface area contributed by atoms with E-state index in [1.165, 1.54) is 7.11 Å². The number of allylic oxidation sites excluding steroid dienone is 3. The largest absolute Gasteiger partial charge is 0.476 e. The Hall–Kier alpha value is -2.70. The van der Waals surface area contributed by atoms with Gasteiger partial charge in [0.05, 0.1) is 24.7 Å². The molecule has 2 N–H and O–H groups in total. The van der Waals surface area contributed by atoms with Crippen molar-refractivity contribution in [2.45, 2.75) is 51.9 Å². The van der Waals surface area contributed by atoms with Gasteiger partial charge in [0.15, 0.2) is 11.6 Å². The molecule has 0 bridgehead atoms. The van der Waals surface area contributed by atoms with Gasteiger partial charge in [-0.25, -0.2) is 9.78 Å². The molecule has 1 aromatic rings. The summed E-state index contributed by atoms with van der Waals surface area (Å²) < 4.78 is 21.1. The van der Waals surface area contributed by atoms with Crippen LogP contribution in [-0.2, 0) is 20.6 Å². The molecule has 0 saturated carbocycles. The Morgan fingerprint density at radius 3 is 2.59 bits per heavy atom. The summed E-state index contributed by atoms with van der Waals surface area (Å²) in [6, 6.07) is 0. The zero-order valence-electron chi connectivity index (χ0n) is 19.3. The molecular formula is C24H33NO7. The molecule has 0 amide bonds. The number of rotatable bonds is 13. The number of aliphatic hydroxyl groups is 1. The summed E-state index contributed by atoms with van der Waals surface area (Å²) in [6.07, 6.45) is 11.2. The molecule has 32 heavy (non-hydrogen) atoms. The zero-order chi connectivity index (χ0) is 24.0. The van der Waals surface area contributed by atoms with E-state index in [1.54, 1.807) is 25.3 Å². The summed E-state index contributed by atoms with van der Waals surface area (Å²) in [4.78, 5) is 14.7. The molecule has 0 radical (unpaired) electrons. The average Bonchev–Trinajstić information content (AvgIpc) is 3.23. The van der Waals surface area contributed by atoms with Gasteiger partial charge in [0.25, 0.3) is 0 Å². The highest BCUT2D eigenvalue weighted by atomic mass is 16.7. The van der Waals surface area contributed by atoms with Crippen LogP contribution in [0.2, 0.25) is 0 Å². The van der Waals surface area contributed by atoms with Crippen molar-refractivity contribution < 1.29 is 33.6 Å². The molecule has 0 saturated heterocycles. The number of methoxy groups -OCH3 is 2. The third kappa shape index (κ3) is 9.20. The Morgan fingerprint density at radius 1 is 1.28 bits per heavy atom. The minimum atomic E-state index is -1.14. The molecule has 0 aromatic carbocycles. The lowest BCUT2D eigenvalue weighted by molar-refractivity contribution is -0.119. The molecule has 3 atom stereocenters. The number of aromatic carboxylic acids is 1. The number of carboxylic acid groups (broad SMARTS) is 1. The molecular weight excluding hydrogens is 414 g/mol. The van der Waals surface area contributed by atoms with Crippen LogP contribution in [0.25, 0.3) is 0 Å². The SMILES string of the molecule is C/C=C/[C@H](OCOC)C(C)(C)[C@@H](O)C/C=C\C#C/C=C/[C@@H](Cc1nc(C(=O)O)co1)OC. The predicted molar refractivity (Wildman–Crippen MR) is 120 cm³/mol. The Balaban J connectivity index is 2.58. The minimum Gasteiger partial charge on any atom is -0.476 e. The molecule has 0 fully saturated rings. The number of aromatic nitrogens is 1. The van der Waals surface area contributed by atoms with Crippen LogP contribution < -0.4 is 0 Å². The van der Waals surface area contributed by atoms with Gasteiger partial charge in [-0.1, -0.05) is 43.9 Å². The van der Waals surface area contributed by atoms with Crippen molar-refractivity contribution in [1.82, 2.24) is 4.98 Å². The fraction of sp³-hybridized carbons (Fsp3) is 0.500. The molecule has 0 aliphatic heterocycles. The molecule has 1 aromatic heterocycles. The van der Waals surface area contributed by atoms with E-state index < -0.39 is 17.5 Å². The van der Waals surface area contributed by atoms with Crippen LogP contribution in [0, 0.1) is 17.3 Å². The number of carbonyl (C=O) groups is 1. The third-order valence-corrected chi connectivity index (χ3v) is 4.81. The number of carboxylic acids is 1. The Labute approximate surface area is 189 Å².